The molecule has 0 bridgehead atoms. The number of amides is 1. The fourth-order valence-corrected chi connectivity index (χ4v) is 5.31. The molecule has 5 rings (SSSR count). The van der Waals surface area contributed by atoms with Crippen LogP contribution >= 0.6 is 0 Å². The van der Waals surface area contributed by atoms with E-state index in [4.69, 9.17) is 0 Å². The van der Waals surface area contributed by atoms with Gasteiger partial charge >= 0.3 is 0 Å². The number of aromatic nitrogens is 2. The lowest BCUT2D eigenvalue weighted by molar-refractivity contribution is 0.102. The fourth-order valence-electron chi connectivity index (χ4n) is 5.31. The van der Waals surface area contributed by atoms with Crippen LogP contribution in [0.4, 0.5) is 11.4 Å². The third kappa shape index (κ3) is 5.58. The lowest BCUT2D eigenvalue weighted by atomic mass is 9.89. The summed E-state index contributed by atoms with van der Waals surface area (Å²) in [5, 5.41) is 3.18. The van der Waals surface area contributed by atoms with Crippen molar-refractivity contribution in [3.05, 3.63) is 82.9 Å². The highest BCUT2D eigenvalue weighted by Crippen LogP contribution is 2.31. The molecule has 1 fully saturated rings. The van der Waals surface area contributed by atoms with E-state index in [2.05, 4.69) is 75.1 Å². The second-order valence-electron chi connectivity index (χ2n) is 10.2. The molecule has 1 N–H and O–H groups in total. The normalized spacial score (nSPS) is 18.6. The summed E-state index contributed by atoms with van der Waals surface area (Å²) in [6.45, 7) is 11.3. The number of hydrogen-bond acceptors (Lipinski definition) is 6. The Bertz CT molecular complexity index is 1210. The van der Waals surface area contributed by atoms with Gasteiger partial charge in [-0.3, -0.25) is 9.69 Å². The van der Waals surface area contributed by atoms with E-state index in [1.54, 1.807) is 6.33 Å². The molecule has 2 aliphatic heterocycles. The predicted molar refractivity (Wildman–Crippen MR) is 144 cm³/mol. The van der Waals surface area contributed by atoms with Crippen LogP contribution in [0.2, 0.25) is 0 Å². The minimum atomic E-state index is -0.0654. The lowest BCUT2D eigenvalue weighted by Gasteiger charge is -2.34. The molecule has 0 spiro atoms. The topological polar surface area (TPSA) is 64.6 Å². The minimum absolute atomic E-state index is 0.0654. The number of hydrogen-bond donors (Lipinski definition) is 1. The van der Waals surface area contributed by atoms with Crippen LogP contribution in [0.15, 0.2) is 55.1 Å². The number of piperazine rings is 1. The molecule has 1 amide bonds. The van der Waals surface area contributed by atoms with Crippen molar-refractivity contribution in [1.29, 1.82) is 0 Å². The second-order valence-corrected chi connectivity index (χ2v) is 10.2. The molecule has 1 aromatic heterocycles. The Kier molecular flexibility index (Phi) is 7.30. The zero-order valence-electron chi connectivity index (χ0n) is 21.6. The SMILES string of the molecule is CCc1cc(CN2CCN(C)CC2)cc(NC(=O)c2ccc3c(c2)CN(c2cncnc2)CC3C)c1. The summed E-state index contributed by atoms with van der Waals surface area (Å²) in [7, 11) is 2.18. The highest BCUT2D eigenvalue weighted by molar-refractivity contribution is 6.04. The van der Waals surface area contributed by atoms with Gasteiger partial charge in [0.1, 0.15) is 6.33 Å². The van der Waals surface area contributed by atoms with Crippen LogP contribution in [-0.2, 0) is 19.5 Å². The van der Waals surface area contributed by atoms with Gasteiger partial charge in [0.05, 0.1) is 18.1 Å². The van der Waals surface area contributed by atoms with E-state index < -0.39 is 0 Å². The van der Waals surface area contributed by atoms with E-state index in [0.29, 0.717) is 11.5 Å². The van der Waals surface area contributed by atoms with E-state index in [-0.39, 0.29) is 5.91 Å². The average Bonchev–Trinajstić information content (AvgIpc) is 2.90. The zero-order chi connectivity index (χ0) is 25.1. The number of nitrogens with one attached hydrogen (secondary N) is 1. The zero-order valence-corrected chi connectivity index (χ0v) is 21.6. The van der Waals surface area contributed by atoms with Crippen molar-refractivity contribution in [1.82, 2.24) is 19.8 Å². The Labute approximate surface area is 214 Å². The van der Waals surface area contributed by atoms with Crippen LogP contribution < -0.4 is 10.2 Å². The summed E-state index contributed by atoms with van der Waals surface area (Å²) in [5.74, 6) is 0.300. The van der Waals surface area contributed by atoms with Crippen molar-refractivity contribution in [2.24, 2.45) is 0 Å². The first kappa shape index (κ1) is 24.4. The summed E-state index contributed by atoms with van der Waals surface area (Å²) in [4.78, 5) is 28.8. The molecule has 7 nitrogen and oxygen atoms in total. The first-order chi connectivity index (χ1) is 17.5. The Hall–Kier alpha value is -3.29. The quantitative estimate of drug-likeness (QED) is 0.567. The molecule has 1 atom stereocenters. The van der Waals surface area contributed by atoms with Crippen molar-refractivity contribution < 1.29 is 4.79 Å². The van der Waals surface area contributed by atoms with Crippen molar-refractivity contribution >= 4 is 17.3 Å². The molecule has 0 saturated carbocycles. The third-order valence-electron chi connectivity index (χ3n) is 7.42. The van der Waals surface area contributed by atoms with Crippen LogP contribution in [0.1, 0.15) is 52.4 Å². The Morgan fingerprint density at radius 1 is 1.03 bits per heavy atom. The lowest BCUT2D eigenvalue weighted by Crippen LogP contribution is -2.43. The molecule has 0 aliphatic carbocycles. The fraction of sp³-hybridized carbons (Fsp3) is 0.414. The van der Waals surface area contributed by atoms with E-state index in [0.717, 1.165) is 63.6 Å². The first-order valence-electron chi connectivity index (χ1n) is 13.0. The molecular formula is C29H36N6O. The maximum Gasteiger partial charge on any atom is 0.255 e. The first-order valence-corrected chi connectivity index (χ1v) is 13.0. The number of likely N-dealkylation sites (N-methyl/N-ethyl adjacent to an activating group) is 1. The molecule has 188 valence electrons. The number of carbonyl (C=O) groups is 1. The number of anilines is 2. The summed E-state index contributed by atoms with van der Waals surface area (Å²) in [6, 6.07) is 12.6. The number of carbonyl (C=O) groups excluding carboxylic acids is 1. The molecule has 1 unspecified atom stereocenters. The van der Waals surface area contributed by atoms with Gasteiger partial charge in [-0.15, -0.1) is 0 Å². The summed E-state index contributed by atoms with van der Waals surface area (Å²) in [5.41, 5.74) is 7.57. The maximum absolute atomic E-state index is 13.3. The van der Waals surface area contributed by atoms with Gasteiger partial charge in [0, 0.05) is 57.1 Å². The number of fused-ring (bicyclic) bond motifs is 1. The Morgan fingerprint density at radius 3 is 2.53 bits per heavy atom. The number of nitrogens with zero attached hydrogens (tertiary/aromatic N) is 5. The largest absolute Gasteiger partial charge is 0.364 e. The summed E-state index contributed by atoms with van der Waals surface area (Å²) >= 11 is 0. The van der Waals surface area contributed by atoms with Crippen molar-refractivity contribution in [3.63, 3.8) is 0 Å². The van der Waals surface area contributed by atoms with Crippen molar-refractivity contribution in [2.45, 2.75) is 39.3 Å². The van der Waals surface area contributed by atoms with Gasteiger partial charge in [-0.2, -0.15) is 0 Å². The van der Waals surface area contributed by atoms with Gasteiger partial charge in [0.15, 0.2) is 0 Å². The molecule has 0 radical (unpaired) electrons. The van der Waals surface area contributed by atoms with Crippen LogP contribution in [0.3, 0.4) is 0 Å². The van der Waals surface area contributed by atoms with Crippen LogP contribution in [0, 0.1) is 0 Å². The molecular weight excluding hydrogens is 448 g/mol. The van der Waals surface area contributed by atoms with Gasteiger partial charge < -0.3 is 15.1 Å². The summed E-state index contributed by atoms with van der Waals surface area (Å²) in [6.07, 6.45) is 6.19. The predicted octanol–water partition coefficient (Wildman–Crippen LogP) is 4.16. The molecule has 7 heteroatoms. The van der Waals surface area contributed by atoms with Crippen molar-refractivity contribution in [3.8, 4) is 0 Å². The van der Waals surface area contributed by atoms with Crippen LogP contribution in [0.5, 0.6) is 0 Å². The van der Waals surface area contributed by atoms with Gasteiger partial charge in [-0.05, 0) is 65.9 Å². The molecule has 3 heterocycles. The van der Waals surface area contributed by atoms with Crippen molar-refractivity contribution in [2.75, 3.05) is 50.0 Å². The van der Waals surface area contributed by atoms with E-state index in [1.165, 1.54) is 22.3 Å². The Balaban J connectivity index is 1.32. The average molecular weight is 485 g/mol. The van der Waals surface area contributed by atoms with Gasteiger partial charge in [-0.1, -0.05) is 26.0 Å². The van der Waals surface area contributed by atoms with Gasteiger partial charge in [0.25, 0.3) is 5.91 Å². The number of benzene rings is 2. The van der Waals surface area contributed by atoms with Gasteiger partial charge in [0.2, 0.25) is 0 Å². The highest BCUT2D eigenvalue weighted by Gasteiger charge is 2.24. The highest BCUT2D eigenvalue weighted by atomic mass is 16.1. The van der Waals surface area contributed by atoms with Crippen LogP contribution in [-0.4, -0.2) is 65.4 Å². The van der Waals surface area contributed by atoms with E-state index in [9.17, 15) is 4.79 Å². The molecule has 2 aromatic carbocycles. The summed E-state index contributed by atoms with van der Waals surface area (Å²) < 4.78 is 0. The van der Waals surface area contributed by atoms with Crippen LogP contribution in [0.25, 0.3) is 0 Å². The molecule has 2 aliphatic rings. The number of rotatable bonds is 6. The molecule has 36 heavy (non-hydrogen) atoms. The van der Waals surface area contributed by atoms with E-state index >= 15 is 0 Å². The molecule has 1 saturated heterocycles. The smallest absolute Gasteiger partial charge is 0.255 e. The monoisotopic (exact) mass is 484 g/mol. The van der Waals surface area contributed by atoms with E-state index in [1.807, 2.05) is 24.5 Å². The molecule has 3 aromatic rings. The van der Waals surface area contributed by atoms with Gasteiger partial charge in [-0.25, -0.2) is 9.97 Å². The second kappa shape index (κ2) is 10.8. The number of aryl methyl sites for hydroxylation is 1. The maximum atomic E-state index is 13.3. The standard InChI is InChI=1S/C29H36N6O/c1-4-22-11-23(18-34-9-7-33(3)8-10-34)13-26(12-22)32-29(36)24-5-6-28-21(2)17-35(19-25(28)14-24)27-15-30-20-31-16-27/h5-6,11-16,20-21H,4,7-10,17-19H2,1-3H3,(H,32,36). The Morgan fingerprint density at radius 2 is 1.78 bits per heavy atom. The third-order valence-corrected chi connectivity index (χ3v) is 7.42. The minimum Gasteiger partial charge on any atom is -0.364 e.